The molecule has 0 spiro atoms. The van der Waals surface area contributed by atoms with Crippen LogP contribution in [0.4, 0.5) is 15.0 Å². The summed E-state index contributed by atoms with van der Waals surface area (Å²) in [6.45, 7) is 6.88. The van der Waals surface area contributed by atoms with Gasteiger partial charge in [-0.3, -0.25) is 4.68 Å². The van der Waals surface area contributed by atoms with E-state index in [1.807, 2.05) is 20.8 Å². The molecule has 1 fully saturated rings. The van der Waals surface area contributed by atoms with Gasteiger partial charge in [0.25, 0.3) is 0 Å². The van der Waals surface area contributed by atoms with Crippen LogP contribution in [0, 0.1) is 17.1 Å². The lowest BCUT2D eigenvalue weighted by atomic mass is 10.1. The number of carbonyl (C=O) groups is 1. The Morgan fingerprint density at radius 1 is 1.33 bits per heavy atom. The Balaban J connectivity index is 1.54. The largest absolute Gasteiger partial charge is 0.444 e. The fourth-order valence-electron chi connectivity index (χ4n) is 4.29. The highest BCUT2D eigenvalue weighted by Gasteiger charge is 2.28. The molecule has 0 unspecified atom stereocenters. The van der Waals surface area contributed by atoms with Gasteiger partial charge in [-0.1, -0.05) is 23.7 Å². The number of halogens is 2. The number of hydrogen-bond donors (Lipinski definition) is 1. The molecule has 3 heterocycles. The molecule has 0 aliphatic carbocycles. The number of amides is 1. The van der Waals surface area contributed by atoms with E-state index in [1.54, 1.807) is 38.8 Å². The number of ether oxygens (including phenoxy) is 1. The van der Waals surface area contributed by atoms with Crippen LogP contribution in [0.2, 0.25) is 5.02 Å². The number of hydrogen-bond acceptors (Lipinski definition) is 6. The van der Waals surface area contributed by atoms with Gasteiger partial charge in [-0.25, -0.2) is 13.9 Å². The van der Waals surface area contributed by atoms with Crippen molar-refractivity contribution in [3.8, 4) is 17.3 Å². The highest BCUT2D eigenvalue weighted by atomic mass is 35.5. The van der Waals surface area contributed by atoms with Crippen LogP contribution in [-0.2, 0) is 11.3 Å². The predicted molar refractivity (Wildman–Crippen MR) is 134 cm³/mol. The van der Waals surface area contributed by atoms with Gasteiger partial charge in [0.15, 0.2) is 0 Å². The van der Waals surface area contributed by atoms with E-state index in [2.05, 4.69) is 11.2 Å². The number of nitrogen functional groups attached to an aromatic ring is 1. The van der Waals surface area contributed by atoms with Crippen LogP contribution in [-0.4, -0.2) is 49.2 Å². The van der Waals surface area contributed by atoms with E-state index >= 15 is 0 Å². The number of benzene rings is 1. The molecule has 2 N–H and O–H groups in total. The number of nitriles is 1. The minimum atomic E-state index is -0.559. The zero-order valence-corrected chi connectivity index (χ0v) is 21.3. The van der Waals surface area contributed by atoms with Gasteiger partial charge in [0.1, 0.15) is 34.6 Å². The summed E-state index contributed by atoms with van der Waals surface area (Å²) in [6, 6.07) is 6.72. The van der Waals surface area contributed by atoms with Crippen molar-refractivity contribution >= 4 is 23.5 Å². The fourth-order valence-corrected chi connectivity index (χ4v) is 4.47. The molecule has 1 aliphatic heterocycles. The predicted octanol–water partition coefficient (Wildman–Crippen LogP) is 5.00. The molecule has 4 rings (SSSR count). The second-order valence-electron chi connectivity index (χ2n) is 9.86. The molecule has 36 heavy (non-hydrogen) atoms. The van der Waals surface area contributed by atoms with E-state index in [4.69, 9.17) is 27.2 Å². The lowest BCUT2D eigenvalue weighted by Gasteiger charge is -2.26. The monoisotopic (exact) mass is 513 g/mol. The highest BCUT2D eigenvalue weighted by Crippen LogP contribution is 2.32. The Hall–Kier alpha value is -3.58. The smallest absolute Gasteiger partial charge is 0.410 e. The maximum Gasteiger partial charge on any atom is 0.410 e. The van der Waals surface area contributed by atoms with E-state index in [0.29, 0.717) is 36.3 Å². The first-order valence-electron chi connectivity index (χ1n) is 11.8. The molecule has 1 aliphatic rings. The second kappa shape index (κ2) is 10.2. The first-order chi connectivity index (χ1) is 17.1. The molecule has 190 valence electrons. The van der Waals surface area contributed by atoms with Crippen molar-refractivity contribution in [1.82, 2.24) is 24.5 Å². The Labute approximate surface area is 214 Å². The molecule has 0 bridgehead atoms. The molecule has 0 saturated carbocycles. The van der Waals surface area contributed by atoms with Crippen molar-refractivity contribution in [1.29, 1.82) is 5.26 Å². The summed E-state index contributed by atoms with van der Waals surface area (Å²) in [6.07, 6.45) is 5.14. The SMILES string of the molecule is CC(C)(C)OC(=O)N1CCC[C@H](n2nc(-c3cnn(Cc4cccc(F)c4Cl)c3)c(C#N)c2N)CC1. The first kappa shape index (κ1) is 25.5. The van der Waals surface area contributed by atoms with Gasteiger partial charge in [0, 0.05) is 24.8 Å². The molecule has 1 saturated heterocycles. The third-order valence-electron chi connectivity index (χ3n) is 6.03. The van der Waals surface area contributed by atoms with Crippen molar-refractivity contribution in [2.75, 3.05) is 18.8 Å². The van der Waals surface area contributed by atoms with Crippen LogP contribution in [0.5, 0.6) is 0 Å². The average Bonchev–Trinajstić information content (AvgIpc) is 3.31. The van der Waals surface area contributed by atoms with Gasteiger partial charge in [0.2, 0.25) is 0 Å². The van der Waals surface area contributed by atoms with Crippen LogP contribution in [0.3, 0.4) is 0 Å². The topological polar surface area (TPSA) is 115 Å². The van der Waals surface area contributed by atoms with Gasteiger partial charge in [0.05, 0.1) is 23.8 Å². The van der Waals surface area contributed by atoms with E-state index in [9.17, 15) is 14.4 Å². The Morgan fingerprint density at radius 2 is 2.11 bits per heavy atom. The van der Waals surface area contributed by atoms with Crippen LogP contribution in [0.1, 0.15) is 57.2 Å². The summed E-state index contributed by atoms with van der Waals surface area (Å²) in [5.74, 6) is -0.211. The molecule has 9 nitrogen and oxygen atoms in total. The molecule has 1 aromatic carbocycles. The van der Waals surface area contributed by atoms with Crippen LogP contribution in [0.15, 0.2) is 30.6 Å². The molecule has 1 amide bonds. The van der Waals surface area contributed by atoms with E-state index in [-0.39, 0.29) is 35.1 Å². The molecule has 3 aromatic rings. The number of rotatable bonds is 4. The zero-order valence-electron chi connectivity index (χ0n) is 20.5. The molecule has 11 heteroatoms. The van der Waals surface area contributed by atoms with E-state index in [1.165, 1.54) is 6.07 Å². The first-order valence-corrected chi connectivity index (χ1v) is 12.2. The third-order valence-corrected chi connectivity index (χ3v) is 6.45. The number of anilines is 1. The van der Waals surface area contributed by atoms with Gasteiger partial charge < -0.3 is 15.4 Å². The van der Waals surface area contributed by atoms with Gasteiger partial charge in [-0.2, -0.15) is 15.5 Å². The van der Waals surface area contributed by atoms with E-state index in [0.717, 1.165) is 12.8 Å². The number of carbonyl (C=O) groups excluding carboxylic acids is 1. The van der Waals surface area contributed by atoms with Gasteiger partial charge in [-0.05, 0) is 51.7 Å². The van der Waals surface area contributed by atoms with Crippen molar-refractivity contribution in [3.05, 3.63) is 52.6 Å². The lowest BCUT2D eigenvalue weighted by molar-refractivity contribution is 0.0255. The molecule has 0 radical (unpaired) electrons. The highest BCUT2D eigenvalue weighted by molar-refractivity contribution is 6.31. The fraction of sp³-hybridized carbons (Fsp3) is 0.440. The Morgan fingerprint density at radius 3 is 2.83 bits per heavy atom. The summed E-state index contributed by atoms with van der Waals surface area (Å²) in [5.41, 5.74) is 7.71. The van der Waals surface area contributed by atoms with Crippen molar-refractivity contribution in [3.63, 3.8) is 0 Å². The normalized spacial score (nSPS) is 16.4. The Bertz CT molecular complexity index is 1300. The van der Waals surface area contributed by atoms with Crippen LogP contribution < -0.4 is 5.73 Å². The summed E-state index contributed by atoms with van der Waals surface area (Å²) >= 11 is 6.08. The minimum absolute atomic E-state index is 0.0505. The quantitative estimate of drug-likeness (QED) is 0.524. The van der Waals surface area contributed by atoms with Crippen molar-refractivity contribution < 1.29 is 13.9 Å². The Kier molecular flexibility index (Phi) is 7.22. The summed E-state index contributed by atoms with van der Waals surface area (Å²) in [5, 5.41) is 18.9. The average molecular weight is 514 g/mol. The zero-order chi connectivity index (χ0) is 26.0. The number of nitrogens with two attached hydrogens (primary N) is 1. The van der Waals surface area contributed by atoms with Crippen LogP contribution in [0.25, 0.3) is 11.3 Å². The lowest BCUT2D eigenvalue weighted by Crippen LogP contribution is -2.37. The standard InChI is InChI=1S/C25H29ClFN7O2/c1-25(2,3)36-24(35)32-10-5-7-18(9-11-32)34-23(29)19(12-28)22(31-34)17-13-30-33(15-17)14-16-6-4-8-20(27)21(16)26/h4,6,8,13,15,18H,5,7,9-11,14,29H2,1-3H3/t18-/m0/s1. The summed E-state index contributed by atoms with van der Waals surface area (Å²) in [7, 11) is 0. The molecular formula is C25H29ClFN7O2. The molecule has 2 aromatic heterocycles. The molecular weight excluding hydrogens is 485 g/mol. The number of aromatic nitrogens is 4. The van der Waals surface area contributed by atoms with Crippen molar-refractivity contribution in [2.45, 2.75) is 58.2 Å². The van der Waals surface area contributed by atoms with E-state index < -0.39 is 11.4 Å². The van der Waals surface area contributed by atoms with Crippen LogP contribution >= 0.6 is 11.6 Å². The second-order valence-corrected chi connectivity index (χ2v) is 10.2. The number of likely N-dealkylation sites (tertiary alicyclic amines) is 1. The molecule has 1 atom stereocenters. The number of nitrogens with zero attached hydrogens (tertiary/aromatic N) is 6. The third kappa shape index (κ3) is 5.46. The maximum absolute atomic E-state index is 13.8. The van der Waals surface area contributed by atoms with Crippen molar-refractivity contribution in [2.24, 2.45) is 0 Å². The minimum Gasteiger partial charge on any atom is -0.444 e. The van der Waals surface area contributed by atoms with Gasteiger partial charge >= 0.3 is 6.09 Å². The maximum atomic E-state index is 13.8. The summed E-state index contributed by atoms with van der Waals surface area (Å²) in [4.78, 5) is 14.2. The van der Waals surface area contributed by atoms with Gasteiger partial charge in [-0.15, -0.1) is 0 Å². The summed E-state index contributed by atoms with van der Waals surface area (Å²) < 4.78 is 22.6.